The Morgan fingerprint density at radius 1 is 1.17 bits per heavy atom. The number of nitrogens with zero attached hydrogens (tertiary/aromatic N) is 5. The van der Waals surface area contributed by atoms with Gasteiger partial charge in [0.25, 0.3) is 5.65 Å². The Labute approximate surface area is 172 Å². The summed E-state index contributed by atoms with van der Waals surface area (Å²) >= 11 is 0. The average Bonchev–Trinajstić information content (AvgIpc) is 2.79. The van der Waals surface area contributed by atoms with Gasteiger partial charge in [-0.05, 0) is 69.9 Å². The van der Waals surface area contributed by atoms with Crippen LogP contribution < -0.4 is 9.47 Å². The van der Waals surface area contributed by atoms with Gasteiger partial charge in [-0.1, -0.05) is 6.42 Å². The zero-order valence-electron chi connectivity index (χ0n) is 17.1. The monoisotopic (exact) mass is 392 g/mol. The standard InChI is InChI=1S/C23H30N5O/c24-18-28-17-10-21(20-6-4-11-25-23(20)28)27-15-8-19(9-16-27)22(29)7-5-14-26-12-2-1-3-13-26/h4,6,10-11,17,19H,1-3,5,7-9,12-16H2/q+1. The molecule has 0 spiro atoms. The number of carbonyl (C=O) groups excluding carboxylic acids is 1. The highest BCUT2D eigenvalue weighted by molar-refractivity contribution is 5.87. The number of nitriles is 1. The van der Waals surface area contributed by atoms with Crippen molar-refractivity contribution in [1.82, 2.24) is 9.88 Å². The Kier molecular flexibility index (Phi) is 6.36. The second-order valence-electron chi connectivity index (χ2n) is 8.28. The smallest absolute Gasteiger partial charge is 0.371 e. The van der Waals surface area contributed by atoms with Crippen LogP contribution in [0.2, 0.25) is 0 Å². The van der Waals surface area contributed by atoms with Crippen molar-refractivity contribution in [2.75, 3.05) is 37.6 Å². The Morgan fingerprint density at radius 3 is 2.72 bits per heavy atom. The maximum absolute atomic E-state index is 12.7. The molecule has 2 saturated heterocycles. The molecular formula is C23H30N5O+. The third kappa shape index (κ3) is 4.56. The molecular weight excluding hydrogens is 362 g/mol. The quantitative estimate of drug-likeness (QED) is 0.708. The van der Waals surface area contributed by atoms with E-state index in [4.69, 9.17) is 0 Å². The predicted molar refractivity (Wildman–Crippen MR) is 112 cm³/mol. The lowest BCUT2D eigenvalue weighted by molar-refractivity contribution is -0.559. The number of piperidine rings is 2. The van der Waals surface area contributed by atoms with Crippen LogP contribution in [0.3, 0.4) is 0 Å². The molecule has 4 heterocycles. The minimum atomic E-state index is 0.199. The molecule has 2 aromatic rings. The van der Waals surface area contributed by atoms with Crippen LogP contribution in [-0.2, 0) is 4.79 Å². The van der Waals surface area contributed by atoms with E-state index >= 15 is 0 Å². The fourth-order valence-corrected chi connectivity index (χ4v) is 4.76. The molecule has 0 atom stereocenters. The predicted octanol–water partition coefficient (Wildman–Crippen LogP) is 2.90. The highest BCUT2D eigenvalue weighted by atomic mass is 16.1. The average molecular weight is 393 g/mol. The fourth-order valence-electron chi connectivity index (χ4n) is 4.76. The Morgan fingerprint density at radius 2 is 1.97 bits per heavy atom. The Bertz CT molecular complexity index is 892. The maximum Gasteiger partial charge on any atom is 0.375 e. The van der Waals surface area contributed by atoms with Crippen molar-refractivity contribution in [2.45, 2.75) is 44.9 Å². The molecule has 0 N–H and O–H groups in total. The van der Waals surface area contributed by atoms with E-state index in [2.05, 4.69) is 21.0 Å². The van der Waals surface area contributed by atoms with E-state index in [0.29, 0.717) is 11.4 Å². The third-order valence-electron chi connectivity index (χ3n) is 6.42. The number of ketones is 1. The van der Waals surface area contributed by atoms with Gasteiger partial charge in [-0.15, -0.1) is 9.55 Å². The number of rotatable bonds is 6. The topological polar surface area (TPSA) is 64.1 Å². The zero-order valence-corrected chi connectivity index (χ0v) is 17.1. The molecule has 29 heavy (non-hydrogen) atoms. The molecule has 2 aliphatic heterocycles. The molecule has 6 nitrogen and oxygen atoms in total. The molecule has 4 rings (SSSR count). The van der Waals surface area contributed by atoms with Crippen LogP contribution in [0.1, 0.15) is 44.9 Å². The number of anilines is 1. The summed E-state index contributed by atoms with van der Waals surface area (Å²) in [6.07, 6.45) is 13.2. The second kappa shape index (κ2) is 9.32. The van der Waals surface area contributed by atoms with E-state index in [-0.39, 0.29) is 5.92 Å². The lowest BCUT2D eigenvalue weighted by Gasteiger charge is -2.33. The summed E-state index contributed by atoms with van der Waals surface area (Å²) < 4.78 is 1.50. The van der Waals surface area contributed by atoms with Gasteiger partial charge >= 0.3 is 6.19 Å². The number of carbonyl (C=O) groups is 1. The van der Waals surface area contributed by atoms with E-state index in [1.54, 1.807) is 12.4 Å². The first-order valence-electron chi connectivity index (χ1n) is 11.0. The van der Waals surface area contributed by atoms with Gasteiger partial charge in [0.2, 0.25) is 0 Å². The van der Waals surface area contributed by atoms with E-state index < -0.39 is 0 Å². The van der Waals surface area contributed by atoms with Gasteiger partial charge in [0.05, 0.1) is 17.3 Å². The molecule has 0 aromatic carbocycles. The van der Waals surface area contributed by atoms with Crippen LogP contribution >= 0.6 is 0 Å². The molecule has 2 aliphatic rings. The molecule has 0 bridgehead atoms. The summed E-state index contributed by atoms with van der Waals surface area (Å²) in [7, 11) is 0. The number of pyridine rings is 2. The summed E-state index contributed by atoms with van der Waals surface area (Å²) in [5.41, 5.74) is 1.79. The number of fused-ring (bicyclic) bond motifs is 1. The molecule has 0 radical (unpaired) electrons. The first kappa shape index (κ1) is 19.8. The van der Waals surface area contributed by atoms with E-state index in [1.165, 1.54) is 36.9 Å². The van der Waals surface area contributed by atoms with Gasteiger partial charge in [0, 0.05) is 30.7 Å². The van der Waals surface area contributed by atoms with Crippen molar-refractivity contribution in [3.05, 3.63) is 30.6 Å². The van der Waals surface area contributed by atoms with Crippen molar-refractivity contribution < 1.29 is 9.36 Å². The Balaban J connectivity index is 1.32. The highest BCUT2D eigenvalue weighted by Crippen LogP contribution is 2.29. The fraction of sp³-hybridized carbons (Fsp3) is 0.565. The lowest BCUT2D eigenvalue weighted by atomic mass is 9.90. The van der Waals surface area contributed by atoms with Gasteiger partial charge in [0.1, 0.15) is 12.0 Å². The minimum Gasteiger partial charge on any atom is -0.371 e. The SMILES string of the molecule is N#C[n+]1ccc(N2CCC(C(=O)CCCN3CCCCC3)CC2)c2cccnc21. The summed E-state index contributed by atoms with van der Waals surface area (Å²) in [5.74, 6) is 0.647. The lowest BCUT2D eigenvalue weighted by Crippen LogP contribution is -2.38. The van der Waals surface area contributed by atoms with Crippen molar-refractivity contribution in [3.63, 3.8) is 0 Å². The summed E-state index contributed by atoms with van der Waals surface area (Å²) in [6.45, 7) is 5.25. The number of Topliss-reactive ketones (excluding diaryl/α,β-unsaturated/α-hetero) is 1. The largest absolute Gasteiger partial charge is 0.375 e. The first-order valence-corrected chi connectivity index (χ1v) is 11.0. The summed E-state index contributed by atoms with van der Waals surface area (Å²) in [4.78, 5) is 21.9. The van der Waals surface area contributed by atoms with Gasteiger partial charge in [-0.2, -0.15) is 0 Å². The van der Waals surface area contributed by atoms with Crippen LogP contribution in [0.25, 0.3) is 11.0 Å². The van der Waals surface area contributed by atoms with Crippen molar-refractivity contribution in [3.8, 4) is 6.19 Å². The zero-order chi connectivity index (χ0) is 20.1. The summed E-state index contributed by atoms with van der Waals surface area (Å²) in [6, 6.07) is 5.92. The number of aromatic nitrogens is 2. The maximum atomic E-state index is 12.7. The van der Waals surface area contributed by atoms with Crippen molar-refractivity contribution in [1.29, 1.82) is 5.26 Å². The van der Waals surface area contributed by atoms with Crippen LogP contribution in [0.4, 0.5) is 5.69 Å². The van der Waals surface area contributed by atoms with Crippen molar-refractivity contribution >= 4 is 22.5 Å². The second-order valence-corrected chi connectivity index (χ2v) is 8.28. The molecule has 0 amide bonds. The highest BCUT2D eigenvalue weighted by Gasteiger charge is 2.26. The summed E-state index contributed by atoms with van der Waals surface area (Å²) in [5, 5.41) is 10.3. The van der Waals surface area contributed by atoms with Gasteiger partial charge in [-0.3, -0.25) is 4.79 Å². The van der Waals surface area contributed by atoms with Crippen LogP contribution in [0.5, 0.6) is 0 Å². The van der Waals surface area contributed by atoms with E-state index in [9.17, 15) is 10.1 Å². The molecule has 6 heteroatoms. The normalized spacial score (nSPS) is 18.7. The third-order valence-corrected chi connectivity index (χ3v) is 6.42. The molecule has 2 aromatic heterocycles. The number of hydrogen-bond acceptors (Lipinski definition) is 5. The first-order chi connectivity index (χ1) is 14.3. The van der Waals surface area contributed by atoms with Gasteiger partial charge in [-0.25, -0.2) is 0 Å². The minimum absolute atomic E-state index is 0.199. The van der Waals surface area contributed by atoms with Crippen LogP contribution in [-0.4, -0.2) is 48.4 Å². The van der Waals surface area contributed by atoms with E-state index in [1.807, 2.05) is 18.2 Å². The number of hydrogen-bond donors (Lipinski definition) is 0. The van der Waals surface area contributed by atoms with Crippen LogP contribution in [0, 0.1) is 17.4 Å². The van der Waals surface area contributed by atoms with Gasteiger partial charge in [0.15, 0.2) is 0 Å². The molecule has 2 fully saturated rings. The molecule has 152 valence electrons. The van der Waals surface area contributed by atoms with Crippen LogP contribution in [0.15, 0.2) is 30.6 Å². The number of likely N-dealkylation sites (tertiary alicyclic amines) is 1. The van der Waals surface area contributed by atoms with Gasteiger partial charge < -0.3 is 9.80 Å². The van der Waals surface area contributed by atoms with Crippen molar-refractivity contribution in [2.24, 2.45) is 5.92 Å². The molecule has 0 aliphatic carbocycles. The molecule has 0 unspecified atom stereocenters. The molecule has 0 saturated carbocycles. The Hall–Kier alpha value is -2.52. The van der Waals surface area contributed by atoms with E-state index in [0.717, 1.165) is 56.4 Å².